The second-order valence-electron chi connectivity index (χ2n) is 16.3. The van der Waals surface area contributed by atoms with Crippen molar-refractivity contribution >= 4 is 33.7 Å². The zero-order valence-electron chi connectivity index (χ0n) is 31.4. The van der Waals surface area contributed by atoms with Crippen LogP contribution in [0.5, 0.6) is 5.75 Å². The largest absolute Gasteiger partial charge is 0.496 e. The van der Waals surface area contributed by atoms with Crippen LogP contribution >= 0.6 is 0 Å². The van der Waals surface area contributed by atoms with Crippen molar-refractivity contribution in [3.05, 3.63) is 76.1 Å². The zero-order chi connectivity index (χ0) is 36.1. The summed E-state index contributed by atoms with van der Waals surface area (Å²) in [4.78, 5) is 40.8. The number of allylic oxidation sites excluding steroid dienone is 1. The van der Waals surface area contributed by atoms with E-state index in [1.807, 2.05) is 0 Å². The highest BCUT2D eigenvalue weighted by Gasteiger charge is 2.62. The summed E-state index contributed by atoms with van der Waals surface area (Å²) in [5.41, 5.74) is 8.48. The summed E-state index contributed by atoms with van der Waals surface area (Å²) in [6.07, 6.45) is 7.59. The highest BCUT2D eigenvalue weighted by Crippen LogP contribution is 2.56. The number of esters is 2. The van der Waals surface area contributed by atoms with Crippen LogP contribution in [-0.2, 0) is 37.3 Å². The normalized spacial score (nSPS) is 33.2. The molecule has 4 fully saturated rings. The maximum Gasteiger partial charge on any atom is 0.319 e. The summed E-state index contributed by atoms with van der Waals surface area (Å²) in [5, 5.41) is 2.32. The highest BCUT2D eigenvalue weighted by atomic mass is 16.5. The minimum atomic E-state index is -0.725. The van der Waals surface area contributed by atoms with Gasteiger partial charge in [0.2, 0.25) is 0 Å². The molecule has 2 N–H and O–H groups in total. The topological polar surface area (TPSA) is 99.9 Å². The van der Waals surface area contributed by atoms with Crippen molar-refractivity contribution in [3.63, 3.8) is 0 Å². The van der Waals surface area contributed by atoms with Crippen molar-refractivity contribution in [3.8, 4) is 5.75 Å². The molecule has 2 aromatic carbocycles. The SMILES string of the molecule is CC=C1CN(C)[C@@H]2Cc3c([nH]c4ccccc34)[C@@H](c3cc4[nH]c5c(c4cc3OC)CCN3C[C@@H]4C[C@H](CC)[C@H]3[C@@]5(C(=O)OC)C4)C[C@H]1[C@@H]2C(=O)OC. The first-order chi connectivity index (χ1) is 25.3. The van der Waals surface area contributed by atoms with E-state index in [2.05, 4.69) is 83.1 Å². The molecule has 2 aliphatic carbocycles. The number of ether oxygens (including phenoxy) is 3. The first kappa shape index (κ1) is 33.7. The predicted molar refractivity (Wildman–Crippen MR) is 202 cm³/mol. The summed E-state index contributed by atoms with van der Waals surface area (Å²) in [6.45, 7) is 7.17. The number of para-hydroxylation sites is 1. The predicted octanol–water partition coefficient (Wildman–Crippen LogP) is 6.49. The Morgan fingerprint density at radius 3 is 2.60 bits per heavy atom. The molecule has 6 heterocycles. The van der Waals surface area contributed by atoms with Gasteiger partial charge in [-0.25, -0.2) is 0 Å². The number of carbonyl (C=O) groups is 2. The average molecular weight is 705 g/mol. The van der Waals surface area contributed by atoms with Crippen LogP contribution in [-0.4, -0.2) is 91.8 Å². The molecule has 0 radical (unpaired) electrons. The highest BCUT2D eigenvalue weighted by molar-refractivity contribution is 5.93. The van der Waals surface area contributed by atoms with Gasteiger partial charge >= 0.3 is 11.9 Å². The molecular formula is C43H52N4O5. The van der Waals surface area contributed by atoms with Crippen molar-refractivity contribution in [2.45, 2.75) is 75.8 Å². The zero-order valence-corrected chi connectivity index (χ0v) is 31.4. The number of nitrogens with zero attached hydrogens (tertiary/aromatic N) is 2. The smallest absolute Gasteiger partial charge is 0.319 e. The van der Waals surface area contributed by atoms with E-state index in [9.17, 15) is 9.59 Å². The Morgan fingerprint density at radius 1 is 1.02 bits per heavy atom. The Labute approximate surface area is 306 Å². The molecule has 274 valence electrons. The van der Waals surface area contributed by atoms with Gasteiger partial charge in [0.25, 0.3) is 0 Å². The average Bonchev–Trinajstić information content (AvgIpc) is 3.69. The molecule has 9 atom stereocenters. The van der Waals surface area contributed by atoms with Crippen LogP contribution in [0, 0.1) is 23.7 Å². The number of methoxy groups -OCH3 is 3. The number of piperidine rings is 3. The van der Waals surface area contributed by atoms with Crippen LogP contribution in [0.1, 0.15) is 73.5 Å². The number of H-pyrrole nitrogens is 2. The van der Waals surface area contributed by atoms with Gasteiger partial charge in [0.15, 0.2) is 0 Å². The molecule has 1 unspecified atom stereocenters. The quantitative estimate of drug-likeness (QED) is 0.181. The number of hydrogen-bond acceptors (Lipinski definition) is 7. The second kappa shape index (κ2) is 12.5. The van der Waals surface area contributed by atoms with Crippen molar-refractivity contribution in [2.75, 3.05) is 48.0 Å². The fraction of sp³-hybridized carbons (Fsp3) is 0.535. The van der Waals surface area contributed by atoms with Gasteiger partial charge < -0.3 is 24.2 Å². The van der Waals surface area contributed by atoms with Crippen molar-refractivity contribution in [2.24, 2.45) is 23.7 Å². The number of aromatic amines is 2. The van der Waals surface area contributed by atoms with Gasteiger partial charge in [0.05, 0.1) is 27.2 Å². The Balaban J connectivity index is 1.27. The van der Waals surface area contributed by atoms with E-state index >= 15 is 0 Å². The first-order valence-electron chi connectivity index (χ1n) is 19.3. The van der Waals surface area contributed by atoms with Crippen LogP contribution in [0.25, 0.3) is 21.8 Å². The third kappa shape index (κ3) is 4.67. The van der Waals surface area contributed by atoms with Gasteiger partial charge in [-0.15, -0.1) is 0 Å². The number of likely N-dealkylation sites (N-methyl/N-ethyl adjacent to an activating group) is 1. The number of benzene rings is 2. The summed E-state index contributed by atoms with van der Waals surface area (Å²) in [6, 6.07) is 13.2. The molecule has 3 saturated heterocycles. The molecule has 6 bridgehead atoms. The molecule has 0 amide bonds. The van der Waals surface area contributed by atoms with Gasteiger partial charge in [-0.3, -0.25) is 19.4 Å². The third-order valence-electron chi connectivity index (χ3n) is 14.1. The summed E-state index contributed by atoms with van der Waals surface area (Å²) in [7, 11) is 6.99. The molecule has 1 saturated carbocycles. The number of hydrogen-bond donors (Lipinski definition) is 2. The van der Waals surface area contributed by atoms with Crippen LogP contribution in [0.4, 0.5) is 0 Å². The van der Waals surface area contributed by atoms with Gasteiger partial charge in [-0.05, 0) is 93.2 Å². The van der Waals surface area contributed by atoms with E-state index in [0.717, 1.165) is 85.2 Å². The Bertz CT molecular complexity index is 2110. The van der Waals surface area contributed by atoms with Gasteiger partial charge in [-0.2, -0.15) is 0 Å². The maximum absolute atomic E-state index is 14.2. The summed E-state index contributed by atoms with van der Waals surface area (Å²) in [5.74, 6) is 1.11. The molecular weight excluding hydrogens is 652 g/mol. The molecule has 10 rings (SSSR count). The van der Waals surface area contributed by atoms with Gasteiger partial charge in [0, 0.05) is 76.4 Å². The number of fused-ring (bicyclic) bond motifs is 9. The number of aromatic nitrogens is 2. The fourth-order valence-electron chi connectivity index (χ4n) is 12.1. The number of likely N-dealkylation sites (tertiary alicyclic amines) is 1. The minimum Gasteiger partial charge on any atom is -0.496 e. The van der Waals surface area contributed by atoms with E-state index in [-0.39, 0.29) is 41.8 Å². The lowest BCUT2D eigenvalue weighted by Crippen LogP contribution is -2.67. The van der Waals surface area contributed by atoms with Crippen LogP contribution in [0.15, 0.2) is 48.0 Å². The molecule has 0 spiro atoms. The molecule has 9 heteroatoms. The van der Waals surface area contributed by atoms with E-state index in [1.54, 1.807) is 14.2 Å². The monoisotopic (exact) mass is 704 g/mol. The van der Waals surface area contributed by atoms with E-state index in [0.29, 0.717) is 11.8 Å². The molecule has 4 aliphatic heterocycles. The fourth-order valence-corrected chi connectivity index (χ4v) is 12.1. The lowest BCUT2D eigenvalue weighted by atomic mass is 9.56. The first-order valence-corrected chi connectivity index (χ1v) is 19.3. The standard InChI is InChI=1S/C43H52N4O5/c1-7-24-15-23-20-43(42(49)52-6)39-27(13-14-47(21-23)40(24)43)29-19-36(50-4)30(17-34(29)45-39)31-16-28-25(8-2)22-46(3)35(37(28)41(48)51-5)18-32-26-11-9-10-12-33(26)44-38(31)32/h8-12,17,19,23-24,28,31,35,37,40,44-45H,7,13-16,18,20-22H2,1-6H3/t23-,24+,28-,31-,35-,37+,40+,43-/m1/s1. The van der Waals surface area contributed by atoms with Crippen LogP contribution in [0.2, 0.25) is 0 Å². The minimum absolute atomic E-state index is 0.00122. The second-order valence-corrected chi connectivity index (χ2v) is 16.3. The summed E-state index contributed by atoms with van der Waals surface area (Å²) < 4.78 is 17.6. The van der Waals surface area contributed by atoms with E-state index < -0.39 is 5.41 Å². The molecule has 2 aromatic heterocycles. The Kier molecular flexibility index (Phi) is 8.12. The van der Waals surface area contributed by atoms with Gasteiger partial charge in [-0.1, -0.05) is 43.2 Å². The van der Waals surface area contributed by atoms with Crippen LogP contribution < -0.4 is 4.74 Å². The van der Waals surface area contributed by atoms with Crippen molar-refractivity contribution in [1.82, 2.24) is 19.8 Å². The van der Waals surface area contributed by atoms with Gasteiger partial charge in [0.1, 0.15) is 11.2 Å². The lowest BCUT2D eigenvalue weighted by molar-refractivity contribution is -0.162. The molecule has 4 aromatic rings. The molecule has 9 nitrogen and oxygen atoms in total. The van der Waals surface area contributed by atoms with Crippen molar-refractivity contribution < 1.29 is 23.8 Å². The molecule has 52 heavy (non-hydrogen) atoms. The summed E-state index contributed by atoms with van der Waals surface area (Å²) >= 11 is 0. The van der Waals surface area contributed by atoms with E-state index in [1.165, 1.54) is 41.3 Å². The maximum atomic E-state index is 14.2. The Morgan fingerprint density at radius 2 is 1.85 bits per heavy atom. The Hall–Kier alpha value is -4.08. The lowest BCUT2D eigenvalue weighted by Gasteiger charge is -2.57. The van der Waals surface area contributed by atoms with E-state index in [4.69, 9.17) is 14.2 Å². The number of rotatable bonds is 5. The third-order valence-corrected chi connectivity index (χ3v) is 14.1. The van der Waals surface area contributed by atoms with Crippen LogP contribution in [0.3, 0.4) is 0 Å². The molecule has 6 aliphatic rings. The number of nitrogens with one attached hydrogen (secondary N) is 2. The van der Waals surface area contributed by atoms with Crippen molar-refractivity contribution in [1.29, 1.82) is 0 Å². The number of carbonyl (C=O) groups excluding carboxylic acids is 2.